The lowest BCUT2D eigenvalue weighted by atomic mass is 10.1. The molecule has 0 radical (unpaired) electrons. The summed E-state index contributed by atoms with van der Waals surface area (Å²) in [6.07, 6.45) is 1.13. The van der Waals surface area contributed by atoms with Crippen molar-refractivity contribution >= 4 is 60.6 Å². The topological polar surface area (TPSA) is 154 Å². The number of carbonyl (C=O) groups excluding carboxylic acids is 2. The summed E-state index contributed by atoms with van der Waals surface area (Å²) in [5.41, 5.74) is 0.382. The third kappa shape index (κ3) is 8.60. The molecular weight excluding hydrogens is 690 g/mol. The number of nitro benzene ring substituents is 1. The van der Waals surface area contributed by atoms with Crippen LogP contribution < -0.4 is 14.4 Å². The number of methoxy groups -OCH3 is 1. The number of rotatable bonds is 11. The predicted octanol–water partition coefficient (Wildman–Crippen LogP) is 5.68. The Hall–Kier alpha value is -3.53. The van der Waals surface area contributed by atoms with Crippen LogP contribution in [0.4, 0.5) is 11.4 Å². The van der Waals surface area contributed by atoms with Gasteiger partial charge in [-0.15, -0.1) is 11.3 Å². The largest absolute Gasteiger partial charge is 0.479 e. The number of hydrogen-bond acceptors (Lipinski definition) is 11. The van der Waals surface area contributed by atoms with Gasteiger partial charge in [-0.25, -0.2) is 18.0 Å². The van der Waals surface area contributed by atoms with E-state index in [0.717, 1.165) is 11.3 Å². The maximum absolute atomic E-state index is 14.0. The van der Waals surface area contributed by atoms with Crippen molar-refractivity contribution in [2.45, 2.75) is 51.0 Å². The van der Waals surface area contributed by atoms with E-state index in [-0.39, 0.29) is 22.4 Å². The molecule has 1 fully saturated rings. The van der Waals surface area contributed by atoms with Crippen LogP contribution in [0.3, 0.4) is 0 Å². The van der Waals surface area contributed by atoms with Gasteiger partial charge < -0.3 is 19.5 Å². The second kappa shape index (κ2) is 14.3. The number of esters is 2. The lowest BCUT2D eigenvalue weighted by molar-refractivity contribution is -0.384. The van der Waals surface area contributed by atoms with Gasteiger partial charge in [-0.1, -0.05) is 24.3 Å². The van der Waals surface area contributed by atoms with Gasteiger partial charge in [0.25, 0.3) is 5.69 Å². The SMILES string of the molecule is COC(=O)c1sc(-c2cccc(N(C3CCNCC3)S(=O)(=O)Cc3cccc([N+](=O)[O-])c3)c2)c(Br)c1OCC(=O)OC(C)(C)C. The zero-order valence-corrected chi connectivity index (χ0v) is 28.4. The molecule has 2 heterocycles. The Bertz CT molecular complexity index is 1680. The first kappa shape index (κ1) is 34.3. The van der Waals surface area contributed by atoms with Crippen LogP contribution in [0.1, 0.15) is 48.8 Å². The van der Waals surface area contributed by atoms with Crippen LogP contribution in [-0.2, 0) is 30.0 Å². The maximum atomic E-state index is 14.0. The molecule has 4 rings (SSSR count). The highest BCUT2D eigenvalue weighted by atomic mass is 79.9. The highest BCUT2D eigenvalue weighted by molar-refractivity contribution is 9.10. The molecule has 1 aromatic heterocycles. The third-order valence-corrected chi connectivity index (χ3v) is 10.7. The fourth-order valence-electron chi connectivity index (χ4n) is 4.90. The van der Waals surface area contributed by atoms with Crippen molar-refractivity contribution in [1.82, 2.24) is 5.32 Å². The van der Waals surface area contributed by atoms with E-state index >= 15 is 0 Å². The predicted molar refractivity (Wildman–Crippen MR) is 174 cm³/mol. The molecule has 0 unspecified atom stereocenters. The Morgan fingerprint density at radius 3 is 2.47 bits per heavy atom. The third-order valence-electron chi connectivity index (χ3n) is 6.71. The smallest absolute Gasteiger partial charge is 0.351 e. The first-order chi connectivity index (χ1) is 21.2. The number of hydrogen-bond donors (Lipinski definition) is 1. The zero-order valence-electron chi connectivity index (χ0n) is 25.2. The number of ether oxygens (including phenoxy) is 3. The molecule has 1 aliphatic heterocycles. The molecule has 0 spiro atoms. The number of nitrogens with zero attached hydrogens (tertiary/aromatic N) is 2. The quantitative estimate of drug-likeness (QED) is 0.148. The number of nitrogens with one attached hydrogen (secondary N) is 1. The van der Waals surface area contributed by atoms with Gasteiger partial charge in [0.15, 0.2) is 17.2 Å². The number of non-ortho nitro benzene ring substituents is 1. The van der Waals surface area contributed by atoms with Crippen molar-refractivity contribution in [3.63, 3.8) is 0 Å². The van der Waals surface area contributed by atoms with Gasteiger partial charge in [-0.05, 0) is 85.9 Å². The number of halogens is 1. The summed E-state index contributed by atoms with van der Waals surface area (Å²) in [5.74, 6) is -1.61. The highest BCUT2D eigenvalue weighted by Crippen LogP contribution is 2.47. The summed E-state index contributed by atoms with van der Waals surface area (Å²) in [4.78, 5) is 36.5. The Morgan fingerprint density at radius 1 is 1.13 bits per heavy atom. The minimum absolute atomic E-state index is 0.103. The van der Waals surface area contributed by atoms with Crippen molar-refractivity contribution < 1.29 is 37.1 Å². The minimum atomic E-state index is -4.01. The van der Waals surface area contributed by atoms with E-state index in [1.165, 1.54) is 29.6 Å². The monoisotopic (exact) mass is 723 g/mol. The van der Waals surface area contributed by atoms with Crippen molar-refractivity contribution in [1.29, 1.82) is 0 Å². The summed E-state index contributed by atoms with van der Waals surface area (Å²) in [6.45, 7) is 6.00. The summed E-state index contributed by atoms with van der Waals surface area (Å²) in [6, 6.07) is 12.1. The summed E-state index contributed by atoms with van der Waals surface area (Å²) >= 11 is 4.59. The lowest BCUT2D eigenvalue weighted by Gasteiger charge is -2.35. The number of thiophene rings is 1. The summed E-state index contributed by atoms with van der Waals surface area (Å²) in [7, 11) is -2.78. The van der Waals surface area contributed by atoms with Crippen LogP contribution in [0.25, 0.3) is 10.4 Å². The van der Waals surface area contributed by atoms with Gasteiger partial charge in [0.05, 0.1) is 32.8 Å². The van der Waals surface area contributed by atoms with Crippen LogP contribution in [0.15, 0.2) is 53.0 Å². The zero-order chi connectivity index (χ0) is 32.9. The molecule has 2 aromatic carbocycles. The van der Waals surface area contributed by atoms with Gasteiger partial charge in [-0.3, -0.25) is 14.4 Å². The average molecular weight is 725 g/mol. The van der Waals surface area contributed by atoms with Gasteiger partial charge >= 0.3 is 11.9 Å². The Morgan fingerprint density at radius 2 is 1.82 bits per heavy atom. The molecule has 0 amide bonds. The average Bonchev–Trinajstić information content (AvgIpc) is 3.31. The van der Waals surface area contributed by atoms with Crippen LogP contribution in [0.2, 0.25) is 0 Å². The van der Waals surface area contributed by atoms with Crippen molar-refractivity contribution in [3.8, 4) is 16.2 Å². The van der Waals surface area contributed by atoms with Gasteiger partial charge in [-0.2, -0.15) is 0 Å². The molecule has 1 saturated heterocycles. The van der Waals surface area contributed by atoms with E-state index in [1.54, 1.807) is 51.1 Å². The van der Waals surface area contributed by atoms with E-state index in [9.17, 15) is 28.1 Å². The molecular formula is C30H34BrN3O9S2. The molecule has 15 heteroatoms. The molecule has 0 atom stereocenters. The van der Waals surface area contributed by atoms with E-state index in [0.29, 0.717) is 52.1 Å². The molecule has 0 bridgehead atoms. The van der Waals surface area contributed by atoms with Crippen LogP contribution in [0.5, 0.6) is 5.75 Å². The minimum Gasteiger partial charge on any atom is -0.479 e. The van der Waals surface area contributed by atoms with Gasteiger partial charge in [0.1, 0.15) is 5.60 Å². The fourth-order valence-corrected chi connectivity index (χ4v) is 8.71. The van der Waals surface area contributed by atoms with Crippen LogP contribution in [-0.4, -0.2) is 63.7 Å². The molecule has 1 aliphatic rings. The Labute approximate surface area is 274 Å². The van der Waals surface area contributed by atoms with Gasteiger partial charge in [0, 0.05) is 18.2 Å². The maximum Gasteiger partial charge on any atom is 0.351 e. The second-order valence-corrected chi connectivity index (χ2v) is 14.9. The van der Waals surface area contributed by atoms with Crippen LogP contribution in [0, 0.1) is 10.1 Å². The molecule has 1 N–H and O–H groups in total. The molecule has 0 aliphatic carbocycles. The van der Waals surface area contributed by atoms with Crippen molar-refractivity contribution in [3.05, 3.63) is 73.6 Å². The normalized spacial score (nSPS) is 14.1. The molecule has 242 valence electrons. The van der Waals surface area contributed by atoms with E-state index < -0.39 is 44.8 Å². The number of nitro groups is 1. The first-order valence-corrected chi connectivity index (χ1v) is 17.2. The van der Waals surface area contributed by atoms with E-state index in [1.807, 2.05) is 0 Å². The fraction of sp³-hybridized carbons (Fsp3) is 0.400. The van der Waals surface area contributed by atoms with Crippen molar-refractivity contribution in [2.24, 2.45) is 0 Å². The number of carbonyl (C=O) groups is 2. The first-order valence-electron chi connectivity index (χ1n) is 14.0. The van der Waals surface area contributed by atoms with Gasteiger partial charge in [0.2, 0.25) is 10.0 Å². The molecule has 45 heavy (non-hydrogen) atoms. The number of benzene rings is 2. The van der Waals surface area contributed by atoms with E-state index in [2.05, 4.69) is 21.2 Å². The summed E-state index contributed by atoms with van der Waals surface area (Å²) < 4.78 is 45.9. The van der Waals surface area contributed by atoms with Crippen LogP contribution >= 0.6 is 27.3 Å². The molecule has 0 saturated carbocycles. The highest BCUT2D eigenvalue weighted by Gasteiger charge is 2.33. The number of sulfonamides is 1. The second-order valence-electron chi connectivity index (χ2n) is 11.3. The molecule has 3 aromatic rings. The Kier molecular flexibility index (Phi) is 10.9. The molecule has 12 nitrogen and oxygen atoms in total. The lowest BCUT2D eigenvalue weighted by Crippen LogP contribution is -2.46. The number of piperidine rings is 1. The number of anilines is 1. The summed E-state index contributed by atoms with van der Waals surface area (Å²) in [5, 5.41) is 14.6. The standard InChI is InChI=1S/C30H34BrN3O9S2/c1-30(2,3)43-24(35)17-42-26-25(31)27(44-28(26)29(36)41-4)20-8-6-9-22(16-20)33(21-11-13-32-14-12-21)45(39,40)18-19-7-5-10-23(15-19)34(37)38/h5-10,15-16,21,32H,11-14,17-18H2,1-4H3. The van der Waals surface area contributed by atoms with Crippen molar-refractivity contribution in [2.75, 3.05) is 31.1 Å². The van der Waals surface area contributed by atoms with E-state index in [4.69, 9.17) is 14.2 Å². The Balaban J connectivity index is 1.73.